The number of para-hydroxylation sites is 1. The van der Waals surface area contributed by atoms with Crippen LogP contribution >= 0.6 is 0 Å². The maximum Gasteiger partial charge on any atom is 0.241 e. The summed E-state index contributed by atoms with van der Waals surface area (Å²) in [5, 5.41) is 7.84. The molecule has 2 aromatic rings. The lowest BCUT2D eigenvalue weighted by Crippen LogP contribution is -2.16. The number of nitrogens with one attached hydrogen (secondary N) is 1. The lowest BCUT2D eigenvalue weighted by Gasteiger charge is -2.13. The van der Waals surface area contributed by atoms with Crippen molar-refractivity contribution in [3.63, 3.8) is 0 Å². The number of carbonyl (C=O) groups excluding carboxylic acids is 1. The summed E-state index contributed by atoms with van der Waals surface area (Å²) in [5.74, 6) is 0.985. The molecule has 2 aromatic carbocycles. The molecule has 0 fully saturated rings. The van der Waals surface area contributed by atoms with Crippen molar-refractivity contribution in [2.45, 2.75) is 17.7 Å². The average Bonchev–Trinajstić information content (AvgIpc) is 2.65. The smallest absolute Gasteiger partial charge is 0.241 e. The fraction of sp³-hybridized carbons (Fsp3) is 0.278. The highest BCUT2D eigenvalue weighted by Crippen LogP contribution is 2.31. The van der Waals surface area contributed by atoms with Crippen molar-refractivity contribution in [1.82, 2.24) is 0 Å². The average molecular weight is 394 g/mol. The summed E-state index contributed by atoms with van der Waals surface area (Å²) < 4.78 is 38.9. The number of hydrogen-bond acceptors (Lipinski definition) is 6. The fourth-order valence-electron chi connectivity index (χ4n) is 2.60. The van der Waals surface area contributed by atoms with Gasteiger partial charge < -0.3 is 19.5 Å². The summed E-state index contributed by atoms with van der Waals surface area (Å²) in [7, 11) is 0.433. The number of sulfonamides is 1. The highest BCUT2D eigenvalue weighted by Gasteiger charge is 2.17. The summed E-state index contributed by atoms with van der Waals surface area (Å²) in [6.07, 6.45) is 0.588. The number of ether oxygens (including phenoxy) is 3. The number of primary sulfonamides is 1. The highest BCUT2D eigenvalue weighted by molar-refractivity contribution is 7.89. The van der Waals surface area contributed by atoms with Gasteiger partial charge in [0, 0.05) is 12.1 Å². The highest BCUT2D eigenvalue weighted by atomic mass is 32.2. The van der Waals surface area contributed by atoms with Crippen LogP contribution in [0.15, 0.2) is 41.3 Å². The van der Waals surface area contributed by atoms with Gasteiger partial charge in [0.05, 0.1) is 21.3 Å². The van der Waals surface area contributed by atoms with Crippen molar-refractivity contribution in [3.8, 4) is 17.2 Å². The maximum absolute atomic E-state index is 12.3. The van der Waals surface area contributed by atoms with Crippen LogP contribution in [0.1, 0.15) is 12.0 Å². The molecule has 0 aliphatic heterocycles. The molecule has 27 heavy (non-hydrogen) atoms. The Hall–Kier alpha value is -2.78. The van der Waals surface area contributed by atoms with E-state index in [1.807, 2.05) is 12.1 Å². The lowest BCUT2D eigenvalue weighted by atomic mass is 10.1. The van der Waals surface area contributed by atoms with Crippen molar-refractivity contribution in [1.29, 1.82) is 0 Å². The number of aryl methyl sites for hydroxylation is 1. The van der Waals surface area contributed by atoms with E-state index in [0.29, 0.717) is 23.6 Å². The molecule has 0 unspecified atom stereocenters. The molecule has 0 atom stereocenters. The number of nitrogens with two attached hydrogens (primary N) is 1. The molecule has 0 radical (unpaired) electrons. The first-order valence-electron chi connectivity index (χ1n) is 8.00. The Labute approximate surface area is 158 Å². The Bertz CT molecular complexity index is 927. The van der Waals surface area contributed by atoms with Crippen LogP contribution in [0.3, 0.4) is 0 Å². The summed E-state index contributed by atoms with van der Waals surface area (Å²) in [6.45, 7) is 0. The van der Waals surface area contributed by atoms with Gasteiger partial charge >= 0.3 is 0 Å². The van der Waals surface area contributed by atoms with Crippen molar-refractivity contribution < 1.29 is 27.4 Å². The van der Waals surface area contributed by atoms with Gasteiger partial charge in [-0.3, -0.25) is 4.79 Å². The van der Waals surface area contributed by atoms with Gasteiger partial charge in [0.2, 0.25) is 15.9 Å². The molecule has 0 saturated carbocycles. The topological polar surface area (TPSA) is 117 Å². The van der Waals surface area contributed by atoms with Crippen molar-refractivity contribution >= 4 is 21.6 Å². The second-order valence-electron chi connectivity index (χ2n) is 5.61. The fourth-order valence-corrected chi connectivity index (χ4v) is 3.32. The van der Waals surface area contributed by atoms with E-state index in [9.17, 15) is 13.2 Å². The Morgan fingerprint density at radius 1 is 1.04 bits per heavy atom. The third-order valence-electron chi connectivity index (χ3n) is 3.86. The van der Waals surface area contributed by atoms with Crippen molar-refractivity contribution in [2.75, 3.05) is 26.6 Å². The molecule has 3 N–H and O–H groups in total. The minimum absolute atomic E-state index is 0.108. The zero-order valence-corrected chi connectivity index (χ0v) is 16.1. The van der Waals surface area contributed by atoms with Gasteiger partial charge in [0.25, 0.3) is 0 Å². The normalized spacial score (nSPS) is 11.0. The van der Waals surface area contributed by atoms with Gasteiger partial charge in [0.1, 0.15) is 10.6 Å². The van der Waals surface area contributed by atoms with E-state index in [1.54, 1.807) is 13.2 Å². The Morgan fingerprint density at radius 3 is 2.33 bits per heavy atom. The van der Waals surface area contributed by atoms with E-state index < -0.39 is 10.0 Å². The van der Waals surface area contributed by atoms with E-state index >= 15 is 0 Å². The summed E-state index contributed by atoms with van der Waals surface area (Å²) in [6, 6.07) is 9.67. The van der Waals surface area contributed by atoms with Gasteiger partial charge in [-0.25, -0.2) is 13.6 Å². The number of methoxy groups -OCH3 is 3. The third kappa shape index (κ3) is 5.11. The molecule has 1 amide bonds. The molecule has 0 heterocycles. The van der Waals surface area contributed by atoms with Crippen LogP contribution in [0.2, 0.25) is 0 Å². The first-order valence-corrected chi connectivity index (χ1v) is 9.55. The van der Waals surface area contributed by atoms with Crippen molar-refractivity contribution in [2.24, 2.45) is 5.14 Å². The Morgan fingerprint density at radius 2 is 1.74 bits per heavy atom. The standard InChI is InChI=1S/C18H22N2O6S/c1-24-14-9-8-13(11-16(14)27(19,22)23)20-17(21)10-7-12-5-4-6-15(25-2)18(12)26-3/h4-6,8-9,11H,7,10H2,1-3H3,(H,20,21)(H2,19,22,23). The minimum Gasteiger partial charge on any atom is -0.495 e. The first kappa shape index (κ1) is 20.5. The van der Waals surface area contributed by atoms with Gasteiger partial charge in [-0.15, -0.1) is 0 Å². The quantitative estimate of drug-likeness (QED) is 0.707. The molecule has 0 bridgehead atoms. The predicted molar refractivity (Wildman–Crippen MR) is 101 cm³/mol. The number of hydrogen-bond donors (Lipinski definition) is 2. The molecule has 0 aromatic heterocycles. The van der Waals surface area contributed by atoms with Crippen LogP contribution in [0.25, 0.3) is 0 Å². The number of carbonyl (C=O) groups is 1. The molecule has 9 heteroatoms. The van der Waals surface area contributed by atoms with E-state index in [0.717, 1.165) is 5.56 Å². The van der Waals surface area contributed by atoms with Gasteiger partial charge in [-0.1, -0.05) is 12.1 Å². The molecule has 146 valence electrons. The van der Waals surface area contributed by atoms with Crippen LogP contribution in [-0.4, -0.2) is 35.7 Å². The van der Waals surface area contributed by atoms with Crippen LogP contribution < -0.4 is 24.7 Å². The molecule has 0 aliphatic rings. The van der Waals surface area contributed by atoms with Gasteiger partial charge in [-0.05, 0) is 36.2 Å². The van der Waals surface area contributed by atoms with E-state index in [-0.39, 0.29) is 23.0 Å². The van der Waals surface area contributed by atoms with Crippen LogP contribution in [0.4, 0.5) is 5.69 Å². The van der Waals surface area contributed by atoms with Gasteiger partial charge in [-0.2, -0.15) is 0 Å². The third-order valence-corrected chi connectivity index (χ3v) is 4.79. The van der Waals surface area contributed by atoms with E-state index in [4.69, 9.17) is 19.3 Å². The largest absolute Gasteiger partial charge is 0.495 e. The number of amides is 1. The number of rotatable bonds is 8. The van der Waals surface area contributed by atoms with Crippen LogP contribution in [0.5, 0.6) is 17.2 Å². The monoisotopic (exact) mass is 394 g/mol. The van der Waals surface area contributed by atoms with E-state index in [2.05, 4.69) is 5.32 Å². The zero-order chi connectivity index (χ0) is 20.0. The lowest BCUT2D eigenvalue weighted by molar-refractivity contribution is -0.116. The van der Waals surface area contributed by atoms with Gasteiger partial charge in [0.15, 0.2) is 11.5 Å². The summed E-state index contributed by atoms with van der Waals surface area (Å²) in [5.41, 5.74) is 1.13. The maximum atomic E-state index is 12.3. The molecule has 0 spiro atoms. The first-order chi connectivity index (χ1) is 12.8. The summed E-state index contributed by atoms with van der Waals surface area (Å²) >= 11 is 0. The molecule has 0 saturated heterocycles. The Balaban J connectivity index is 2.11. The predicted octanol–water partition coefficient (Wildman–Crippen LogP) is 1.93. The van der Waals surface area contributed by atoms with Crippen molar-refractivity contribution in [3.05, 3.63) is 42.0 Å². The molecular formula is C18H22N2O6S. The zero-order valence-electron chi connectivity index (χ0n) is 15.3. The van der Waals surface area contributed by atoms with Crippen LogP contribution in [0, 0.1) is 0 Å². The summed E-state index contributed by atoms with van der Waals surface area (Å²) in [4.78, 5) is 12.1. The number of benzene rings is 2. The molecule has 0 aliphatic carbocycles. The van der Waals surface area contributed by atoms with Crippen LogP contribution in [-0.2, 0) is 21.2 Å². The second kappa shape index (κ2) is 8.74. The molecule has 2 rings (SSSR count). The molecular weight excluding hydrogens is 372 g/mol. The number of anilines is 1. The SMILES string of the molecule is COc1ccc(NC(=O)CCc2cccc(OC)c2OC)cc1S(N)(=O)=O. The van der Waals surface area contributed by atoms with E-state index in [1.165, 1.54) is 32.4 Å². The molecule has 8 nitrogen and oxygen atoms in total. The second-order valence-corrected chi connectivity index (χ2v) is 7.14. The Kier molecular flexibility index (Phi) is 6.65. The minimum atomic E-state index is -3.98.